The van der Waals surface area contributed by atoms with E-state index in [-0.39, 0.29) is 18.5 Å². The van der Waals surface area contributed by atoms with E-state index in [2.05, 4.69) is 10.6 Å². The summed E-state index contributed by atoms with van der Waals surface area (Å²) in [5.74, 6) is -0.425. The third-order valence-electron chi connectivity index (χ3n) is 3.13. The summed E-state index contributed by atoms with van der Waals surface area (Å²) < 4.78 is 5.21. The van der Waals surface area contributed by atoms with Gasteiger partial charge in [0.15, 0.2) is 0 Å². The van der Waals surface area contributed by atoms with Crippen LogP contribution in [0.15, 0.2) is 0 Å². The van der Waals surface area contributed by atoms with Crippen LogP contribution in [0, 0.1) is 5.92 Å². The third-order valence-corrected chi connectivity index (χ3v) is 3.13. The quantitative estimate of drug-likeness (QED) is 0.542. The van der Waals surface area contributed by atoms with Crippen molar-refractivity contribution >= 4 is 12.0 Å². The van der Waals surface area contributed by atoms with Crippen molar-refractivity contribution in [2.24, 2.45) is 5.92 Å². The van der Waals surface area contributed by atoms with Crippen molar-refractivity contribution in [3.63, 3.8) is 0 Å². The molecule has 0 bridgehead atoms. The highest BCUT2D eigenvalue weighted by molar-refractivity contribution is 5.74. The molecule has 0 saturated heterocycles. The second-order valence-corrected chi connectivity index (χ2v) is 4.96. The van der Waals surface area contributed by atoms with Crippen molar-refractivity contribution in [3.05, 3.63) is 0 Å². The molecule has 0 aliphatic rings. The zero-order valence-corrected chi connectivity index (χ0v) is 12.8. The zero-order chi connectivity index (χ0) is 15.4. The van der Waals surface area contributed by atoms with Crippen molar-refractivity contribution < 1.29 is 19.4 Å². The summed E-state index contributed by atoms with van der Waals surface area (Å²) in [5.41, 5.74) is 0. The Morgan fingerprint density at radius 2 is 1.95 bits per heavy atom. The van der Waals surface area contributed by atoms with E-state index in [0.29, 0.717) is 32.1 Å². The van der Waals surface area contributed by atoms with Gasteiger partial charge in [0, 0.05) is 19.6 Å². The summed E-state index contributed by atoms with van der Waals surface area (Å²) in [5, 5.41) is 14.2. The van der Waals surface area contributed by atoms with Crippen molar-refractivity contribution in [3.8, 4) is 0 Å². The SMILES string of the molecule is CCOCC(C)NC(=O)NCCC(CC)CCC(=O)O. The number of rotatable bonds is 11. The van der Waals surface area contributed by atoms with Gasteiger partial charge in [-0.1, -0.05) is 13.3 Å². The van der Waals surface area contributed by atoms with Gasteiger partial charge in [0.05, 0.1) is 12.6 Å². The van der Waals surface area contributed by atoms with Crippen LogP contribution in [0.2, 0.25) is 0 Å². The number of nitrogens with one attached hydrogen (secondary N) is 2. The molecule has 0 saturated carbocycles. The van der Waals surface area contributed by atoms with Crippen LogP contribution in [0.3, 0.4) is 0 Å². The van der Waals surface area contributed by atoms with Crippen molar-refractivity contribution in [2.75, 3.05) is 19.8 Å². The minimum atomic E-state index is -0.765. The molecule has 3 N–H and O–H groups in total. The molecule has 2 atom stereocenters. The largest absolute Gasteiger partial charge is 0.481 e. The molecule has 0 aromatic rings. The number of carboxylic acid groups (broad SMARTS) is 1. The van der Waals surface area contributed by atoms with E-state index in [0.717, 1.165) is 12.8 Å². The molecular weight excluding hydrogens is 260 g/mol. The molecule has 118 valence electrons. The minimum Gasteiger partial charge on any atom is -0.481 e. The van der Waals surface area contributed by atoms with Crippen LogP contribution in [-0.4, -0.2) is 42.9 Å². The summed E-state index contributed by atoms with van der Waals surface area (Å²) in [4.78, 5) is 22.1. The molecule has 0 aromatic heterocycles. The summed E-state index contributed by atoms with van der Waals surface area (Å²) in [6.07, 6.45) is 2.58. The fourth-order valence-electron chi connectivity index (χ4n) is 1.88. The summed E-state index contributed by atoms with van der Waals surface area (Å²) in [6.45, 7) is 7.53. The summed E-state index contributed by atoms with van der Waals surface area (Å²) in [6, 6.07) is -0.228. The van der Waals surface area contributed by atoms with Gasteiger partial charge >= 0.3 is 12.0 Å². The first-order chi connectivity index (χ1) is 9.49. The number of urea groups is 1. The van der Waals surface area contributed by atoms with Gasteiger partial charge in [-0.05, 0) is 32.6 Å². The van der Waals surface area contributed by atoms with Gasteiger partial charge in [-0.15, -0.1) is 0 Å². The highest BCUT2D eigenvalue weighted by Crippen LogP contribution is 2.14. The van der Waals surface area contributed by atoms with Crippen LogP contribution in [0.1, 0.15) is 46.5 Å². The van der Waals surface area contributed by atoms with E-state index >= 15 is 0 Å². The van der Waals surface area contributed by atoms with Crippen molar-refractivity contribution in [1.29, 1.82) is 0 Å². The standard InChI is InChI=1S/C14H28N2O4/c1-4-12(6-7-13(17)18)8-9-15-14(19)16-11(3)10-20-5-2/h11-12H,4-10H2,1-3H3,(H,17,18)(H2,15,16,19). The van der Waals surface area contributed by atoms with E-state index in [1.807, 2.05) is 20.8 Å². The number of aliphatic carboxylic acids is 1. The molecule has 0 spiro atoms. The normalized spacial score (nSPS) is 13.6. The van der Waals surface area contributed by atoms with Gasteiger partial charge in [-0.3, -0.25) is 4.79 Å². The van der Waals surface area contributed by atoms with E-state index in [1.165, 1.54) is 0 Å². The molecule has 0 radical (unpaired) electrons. The monoisotopic (exact) mass is 288 g/mol. The van der Waals surface area contributed by atoms with Gasteiger partial charge in [0.25, 0.3) is 0 Å². The van der Waals surface area contributed by atoms with Crippen LogP contribution < -0.4 is 10.6 Å². The first kappa shape index (κ1) is 18.7. The van der Waals surface area contributed by atoms with Gasteiger partial charge in [0.1, 0.15) is 0 Å². The lowest BCUT2D eigenvalue weighted by Gasteiger charge is -2.16. The lowest BCUT2D eigenvalue weighted by molar-refractivity contribution is -0.137. The maximum Gasteiger partial charge on any atom is 0.315 e. The Bertz CT molecular complexity index is 284. The first-order valence-electron chi connectivity index (χ1n) is 7.33. The van der Waals surface area contributed by atoms with Crippen molar-refractivity contribution in [1.82, 2.24) is 10.6 Å². The van der Waals surface area contributed by atoms with E-state index in [9.17, 15) is 9.59 Å². The Morgan fingerprint density at radius 1 is 1.25 bits per heavy atom. The van der Waals surface area contributed by atoms with Crippen LogP contribution >= 0.6 is 0 Å². The first-order valence-corrected chi connectivity index (χ1v) is 7.33. The van der Waals surface area contributed by atoms with Gasteiger partial charge in [0.2, 0.25) is 0 Å². The molecule has 6 heteroatoms. The Hall–Kier alpha value is -1.30. The van der Waals surface area contributed by atoms with Crippen LogP contribution in [0.25, 0.3) is 0 Å². The molecule has 2 amide bonds. The number of carbonyl (C=O) groups is 2. The highest BCUT2D eigenvalue weighted by atomic mass is 16.5. The average Bonchev–Trinajstić information content (AvgIpc) is 2.39. The maximum atomic E-state index is 11.6. The van der Waals surface area contributed by atoms with E-state index in [4.69, 9.17) is 9.84 Å². The number of ether oxygens (including phenoxy) is 1. The molecule has 20 heavy (non-hydrogen) atoms. The predicted octanol–water partition coefficient (Wildman–Crippen LogP) is 1.99. The second-order valence-electron chi connectivity index (χ2n) is 4.96. The third kappa shape index (κ3) is 10.6. The number of hydrogen-bond donors (Lipinski definition) is 3. The molecule has 0 heterocycles. The highest BCUT2D eigenvalue weighted by Gasteiger charge is 2.10. The number of hydrogen-bond acceptors (Lipinski definition) is 3. The van der Waals surface area contributed by atoms with Crippen molar-refractivity contribution in [2.45, 2.75) is 52.5 Å². The van der Waals surface area contributed by atoms with Crippen LogP contribution in [0.4, 0.5) is 4.79 Å². The molecule has 6 nitrogen and oxygen atoms in total. The topological polar surface area (TPSA) is 87.7 Å². The Labute approximate surface area is 121 Å². The smallest absolute Gasteiger partial charge is 0.315 e. The Kier molecular flexibility index (Phi) is 10.8. The molecular formula is C14H28N2O4. The van der Waals surface area contributed by atoms with Gasteiger partial charge < -0.3 is 20.5 Å². The molecule has 0 aromatic carbocycles. The van der Waals surface area contributed by atoms with Crippen LogP contribution in [0.5, 0.6) is 0 Å². The number of amides is 2. The predicted molar refractivity (Wildman–Crippen MR) is 77.8 cm³/mol. The second kappa shape index (κ2) is 11.5. The molecule has 0 fully saturated rings. The minimum absolute atomic E-state index is 0.0241. The summed E-state index contributed by atoms with van der Waals surface area (Å²) in [7, 11) is 0. The van der Waals surface area contributed by atoms with E-state index in [1.54, 1.807) is 0 Å². The maximum absolute atomic E-state index is 11.6. The van der Waals surface area contributed by atoms with E-state index < -0.39 is 5.97 Å². The molecule has 0 rings (SSSR count). The van der Waals surface area contributed by atoms with Gasteiger partial charge in [-0.2, -0.15) is 0 Å². The number of carboxylic acids is 1. The molecule has 0 aliphatic heterocycles. The average molecular weight is 288 g/mol. The Balaban J connectivity index is 3.74. The van der Waals surface area contributed by atoms with Crippen LogP contribution in [-0.2, 0) is 9.53 Å². The summed E-state index contributed by atoms with van der Waals surface area (Å²) >= 11 is 0. The Morgan fingerprint density at radius 3 is 2.50 bits per heavy atom. The molecule has 0 aliphatic carbocycles. The fourth-order valence-corrected chi connectivity index (χ4v) is 1.88. The lowest BCUT2D eigenvalue weighted by Crippen LogP contribution is -2.43. The van der Waals surface area contributed by atoms with Gasteiger partial charge in [-0.25, -0.2) is 4.79 Å². The zero-order valence-electron chi connectivity index (χ0n) is 12.8. The lowest BCUT2D eigenvalue weighted by atomic mass is 9.97. The fraction of sp³-hybridized carbons (Fsp3) is 0.857. The number of carbonyl (C=O) groups excluding carboxylic acids is 1. The molecule has 2 unspecified atom stereocenters.